The van der Waals surface area contributed by atoms with Gasteiger partial charge in [-0.15, -0.1) is 0 Å². The van der Waals surface area contributed by atoms with Crippen molar-refractivity contribution < 1.29 is 14.4 Å². The van der Waals surface area contributed by atoms with Gasteiger partial charge >= 0.3 is 17.8 Å². The van der Waals surface area contributed by atoms with Gasteiger partial charge in [0.15, 0.2) is 0 Å². The summed E-state index contributed by atoms with van der Waals surface area (Å²) in [5, 5.41) is 5.64. The highest BCUT2D eigenvalue weighted by Gasteiger charge is 2.43. The van der Waals surface area contributed by atoms with Gasteiger partial charge < -0.3 is 10.6 Å². The van der Waals surface area contributed by atoms with E-state index in [2.05, 4.69) is 10.6 Å². The third-order valence-electron chi connectivity index (χ3n) is 2.31. The summed E-state index contributed by atoms with van der Waals surface area (Å²) in [6, 6.07) is -0.527. The number of rotatable bonds is 6. The van der Waals surface area contributed by atoms with Crippen LogP contribution in [0.4, 0.5) is 4.79 Å². The van der Waals surface area contributed by atoms with Crippen LogP contribution in [0.2, 0.25) is 0 Å². The number of carbonyl (C=O) groups excluding carboxylic acids is 3. The van der Waals surface area contributed by atoms with Crippen LogP contribution >= 0.6 is 0 Å². The Morgan fingerprint density at radius 2 is 1.25 bits per heavy atom. The molecule has 0 aromatic carbocycles. The molecule has 16 heavy (non-hydrogen) atoms. The fourth-order valence-corrected chi connectivity index (χ4v) is 1.39. The zero-order valence-corrected chi connectivity index (χ0v) is 9.45. The number of amides is 4. The van der Waals surface area contributed by atoms with E-state index in [0.717, 1.165) is 9.80 Å². The van der Waals surface area contributed by atoms with Gasteiger partial charge in [-0.2, -0.15) is 0 Å². The Hall–Kier alpha value is -1.47. The van der Waals surface area contributed by atoms with Crippen LogP contribution in [0.5, 0.6) is 0 Å². The maximum Gasteiger partial charge on any atom is 0.334 e. The largest absolute Gasteiger partial charge is 0.334 e. The summed E-state index contributed by atoms with van der Waals surface area (Å²) < 4.78 is 0. The Labute approximate surface area is 93.8 Å². The lowest BCUT2D eigenvalue weighted by atomic mass is 10.5. The maximum absolute atomic E-state index is 11.7. The average molecular weight is 228 g/mol. The second-order valence-electron chi connectivity index (χ2n) is 3.40. The molecule has 0 aliphatic carbocycles. The van der Waals surface area contributed by atoms with E-state index >= 15 is 0 Å². The van der Waals surface area contributed by atoms with Crippen molar-refractivity contribution >= 4 is 17.8 Å². The minimum atomic E-state index is -0.739. The number of nitrogens with one attached hydrogen (secondary N) is 2. The molecule has 0 saturated carbocycles. The van der Waals surface area contributed by atoms with E-state index in [0.29, 0.717) is 13.1 Å². The molecule has 90 valence electrons. The fraction of sp³-hybridized carbons (Fsp3) is 0.667. The molecule has 1 saturated heterocycles. The second kappa shape index (κ2) is 5.57. The Bertz CT molecular complexity index is 277. The second-order valence-corrected chi connectivity index (χ2v) is 3.40. The van der Waals surface area contributed by atoms with Gasteiger partial charge in [-0.3, -0.25) is 19.4 Å². The summed E-state index contributed by atoms with van der Waals surface area (Å²) in [5.74, 6) is -1.48. The number of urea groups is 1. The smallest absolute Gasteiger partial charge is 0.318 e. The number of imide groups is 2. The van der Waals surface area contributed by atoms with Gasteiger partial charge in [-0.05, 0) is 14.1 Å². The van der Waals surface area contributed by atoms with Crippen LogP contribution in [0.15, 0.2) is 0 Å². The molecule has 7 nitrogen and oxygen atoms in total. The molecule has 1 rings (SSSR count). The van der Waals surface area contributed by atoms with Gasteiger partial charge in [0, 0.05) is 26.2 Å². The molecule has 2 N–H and O–H groups in total. The average Bonchev–Trinajstić information content (AvgIpc) is 2.47. The zero-order valence-electron chi connectivity index (χ0n) is 9.45. The van der Waals surface area contributed by atoms with Crippen molar-refractivity contribution in [2.45, 2.75) is 0 Å². The molecule has 0 spiro atoms. The molecule has 1 fully saturated rings. The molecule has 1 heterocycles. The summed E-state index contributed by atoms with van der Waals surface area (Å²) in [6.07, 6.45) is 0. The highest BCUT2D eigenvalue weighted by atomic mass is 16.2. The van der Waals surface area contributed by atoms with E-state index in [9.17, 15) is 14.4 Å². The first-order valence-corrected chi connectivity index (χ1v) is 5.10. The van der Waals surface area contributed by atoms with Crippen LogP contribution in [0.1, 0.15) is 0 Å². The third kappa shape index (κ3) is 2.37. The van der Waals surface area contributed by atoms with Crippen molar-refractivity contribution in [3.8, 4) is 0 Å². The van der Waals surface area contributed by atoms with Gasteiger partial charge in [0.05, 0.1) is 0 Å². The minimum absolute atomic E-state index is 0.218. The molecular formula is C9H16N4O3. The first-order valence-electron chi connectivity index (χ1n) is 5.10. The summed E-state index contributed by atoms with van der Waals surface area (Å²) in [6.45, 7) is 1.39. The van der Waals surface area contributed by atoms with E-state index < -0.39 is 17.8 Å². The van der Waals surface area contributed by atoms with Gasteiger partial charge in [0.1, 0.15) is 0 Å². The van der Waals surface area contributed by atoms with Crippen molar-refractivity contribution in [1.29, 1.82) is 0 Å². The van der Waals surface area contributed by atoms with Crippen molar-refractivity contribution in [3.63, 3.8) is 0 Å². The van der Waals surface area contributed by atoms with E-state index in [1.54, 1.807) is 14.1 Å². The van der Waals surface area contributed by atoms with Crippen LogP contribution in [0, 0.1) is 0 Å². The molecule has 0 aromatic rings. The predicted octanol–water partition coefficient (Wildman–Crippen LogP) is -1.78. The molecule has 0 atom stereocenters. The molecule has 1 aliphatic rings. The molecule has 4 amide bonds. The first-order chi connectivity index (χ1) is 7.63. The Morgan fingerprint density at radius 3 is 1.56 bits per heavy atom. The van der Waals surface area contributed by atoms with Crippen molar-refractivity contribution in [3.05, 3.63) is 0 Å². The zero-order chi connectivity index (χ0) is 12.1. The number of nitrogens with zero attached hydrogens (tertiary/aromatic N) is 2. The Kier molecular flexibility index (Phi) is 4.39. The Morgan fingerprint density at radius 1 is 0.875 bits per heavy atom. The molecule has 7 heteroatoms. The van der Waals surface area contributed by atoms with Crippen molar-refractivity contribution in [2.75, 3.05) is 40.3 Å². The summed E-state index contributed by atoms with van der Waals surface area (Å²) >= 11 is 0. The van der Waals surface area contributed by atoms with Gasteiger partial charge in [-0.1, -0.05) is 0 Å². The lowest BCUT2D eigenvalue weighted by Gasteiger charge is -2.14. The number of likely N-dealkylation sites (N-methyl/N-ethyl adjacent to an activating group) is 2. The number of hydrogen-bond acceptors (Lipinski definition) is 5. The standard InChI is InChI=1S/C9H16N4O3/c1-10-3-5-12-7(14)8(15)13(9(12)16)6-4-11-2/h10-11H,3-6H2,1-2H3. The molecule has 0 aromatic heterocycles. The van der Waals surface area contributed by atoms with Crippen LogP contribution in [-0.2, 0) is 9.59 Å². The lowest BCUT2D eigenvalue weighted by molar-refractivity contribution is -0.143. The highest BCUT2D eigenvalue weighted by molar-refractivity contribution is 6.44. The van der Waals surface area contributed by atoms with Crippen LogP contribution in [-0.4, -0.2) is 67.9 Å². The fourth-order valence-electron chi connectivity index (χ4n) is 1.39. The Balaban J connectivity index is 2.66. The quantitative estimate of drug-likeness (QED) is 0.415. The number of carbonyl (C=O) groups is 3. The van der Waals surface area contributed by atoms with E-state index in [4.69, 9.17) is 0 Å². The maximum atomic E-state index is 11.7. The minimum Gasteiger partial charge on any atom is -0.318 e. The normalized spacial score (nSPS) is 16.5. The van der Waals surface area contributed by atoms with Crippen molar-refractivity contribution in [2.24, 2.45) is 0 Å². The molecule has 0 radical (unpaired) electrons. The predicted molar refractivity (Wildman–Crippen MR) is 56.7 cm³/mol. The van der Waals surface area contributed by atoms with E-state index in [1.165, 1.54) is 0 Å². The molecule has 0 bridgehead atoms. The third-order valence-corrected chi connectivity index (χ3v) is 2.31. The molecule has 0 unspecified atom stereocenters. The van der Waals surface area contributed by atoms with Gasteiger partial charge in [0.25, 0.3) is 0 Å². The topological polar surface area (TPSA) is 81.8 Å². The van der Waals surface area contributed by atoms with Crippen molar-refractivity contribution in [1.82, 2.24) is 20.4 Å². The van der Waals surface area contributed by atoms with Crippen LogP contribution in [0.3, 0.4) is 0 Å². The SMILES string of the molecule is CNCCN1C(=O)C(=O)N(CCNC)C1=O. The van der Waals surface area contributed by atoms with E-state index in [1.807, 2.05) is 0 Å². The summed E-state index contributed by atoms with van der Waals surface area (Å²) in [7, 11) is 3.43. The monoisotopic (exact) mass is 228 g/mol. The molecular weight excluding hydrogens is 212 g/mol. The highest BCUT2D eigenvalue weighted by Crippen LogP contribution is 2.10. The van der Waals surface area contributed by atoms with Crippen LogP contribution < -0.4 is 10.6 Å². The molecule has 1 aliphatic heterocycles. The first kappa shape index (κ1) is 12.6. The summed E-state index contributed by atoms with van der Waals surface area (Å²) in [4.78, 5) is 36.5. The van der Waals surface area contributed by atoms with Crippen LogP contribution in [0.25, 0.3) is 0 Å². The van der Waals surface area contributed by atoms with Gasteiger partial charge in [0.2, 0.25) is 0 Å². The van der Waals surface area contributed by atoms with Gasteiger partial charge in [-0.25, -0.2) is 4.79 Å². The van der Waals surface area contributed by atoms with E-state index in [-0.39, 0.29) is 13.1 Å². The summed E-state index contributed by atoms with van der Waals surface area (Å²) in [5.41, 5.74) is 0. The lowest BCUT2D eigenvalue weighted by Crippen LogP contribution is -2.39. The number of hydrogen-bond donors (Lipinski definition) is 2.